The Balaban J connectivity index is 1.23. The summed E-state index contributed by atoms with van der Waals surface area (Å²) in [5.74, 6) is -4.19. The Kier molecular flexibility index (Phi) is 7.33. The number of rotatable bonds is 7. The van der Waals surface area contributed by atoms with Crippen LogP contribution >= 0.6 is 46.4 Å². The summed E-state index contributed by atoms with van der Waals surface area (Å²) in [6.45, 7) is 0. The summed E-state index contributed by atoms with van der Waals surface area (Å²) in [6.07, 6.45) is -1.07. The molecule has 10 heteroatoms. The predicted molar refractivity (Wildman–Crippen MR) is 172 cm³/mol. The average Bonchev–Trinajstić information content (AvgIpc) is 3.34. The van der Waals surface area contributed by atoms with Gasteiger partial charge in [-0.05, 0) is 64.7 Å². The van der Waals surface area contributed by atoms with Crippen LogP contribution < -0.4 is 4.90 Å². The van der Waals surface area contributed by atoms with Gasteiger partial charge in [-0.25, -0.2) is 9.69 Å². The van der Waals surface area contributed by atoms with E-state index < -0.39 is 51.3 Å². The fourth-order valence-electron chi connectivity index (χ4n) is 7.03. The number of imide groups is 1. The van der Waals surface area contributed by atoms with Crippen LogP contribution in [0.15, 0.2) is 97.1 Å². The molecule has 1 heterocycles. The van der Waals surface area contributed by atoms with Gasteiger partial charge < -0.3 is 4.74 Å². The van der Waals surface area contributed by atoms with E-state index in [2.05, 4.69) is 0 Å². The minimum Gasteiger partial charge on any atom is -0.450 e. The lowest BCUT2D eigenvalue weighted by Crippen LogP contribution is -2.57. The van der Waals surface area contributed by atoms with Gasteiger partial charge in [0.15, 0.2) is 6.10 Å². The van der Waals surface area contributed by atoms with E-state index >= 15 is 0 Å². The van der Waals surface area contributed by atoms with Crippen molar-refractivity contribution in [1.82, 2.24) is 0 Å². The highest BCUT2D eigenvalue weighted by atomic mass is 35.5. The second kappa shape index (κ2) is 11.0. The van der Waals surface area contributed by atoms with Gasteiger partial charge in [0, 0.05) is 22.9 Å². The topological polar surface area (TPSA) is 80.8 Å². The molecule has 0 aromatic heterocycles. The van der Waals surface area contributed by atoms with Gasteiger partial charge in [0.25, 0.3) is 0 Å². The molecule has 4 aliphatic rings. The average molecular weight is 679 g/mol. The molecule has 1 saturated heterocycles. The highest BCUT2D eigenvalue weighted by Crippen LogP contribution is 2.69. The van der Waals surface area contributed by atoms with E-state index in [-0.39, 0.29) is 23.6 Å². The molecule has 1 fully saturated rings. The quantitative estimate of drug-likeness (QED) is 0.0877. The van der Waals surface area contributed by atoms with E-state index in [9.17, 15) is 19.2 Å². The van der Waals surface area contributed by atoms with Gasteiger partial charge in [0.1, 0.15) is 9.75 Å². The van der Waals surface area contributed by atoms with Crippen molar-refractivity contribution in [2.24, 2.45) is 11.8 Å². The number of carbonyl (C=O) groups excluding carboxylic acids is 4. The molecule has 0 spiro atoms. The fraction of sp³-hybridized carbons (Fsp3) is 0.200. The third-order valence-corrected chi connectivity index (χ3v) is 10.7. The molecule has 45 heavy (non-hydrogen) atoms. The lowest BCUT2D eigenvalue weighted by atomic mass is 9.54. The molecule has 0 saturated carbocycles. The van der Waals surface area contributed by atoms with Crippen molar-refractivity contribution in [1.29, 1.82) is 0 Å². The number of hydrogen-bond donors (Lipinski definition) is 0. The molecule has 226 valence electrons. The first-order valence-electron chi connectivity index (χ1n) is 14.2. The molecular weight excluding hydrogens is 656 g/mol. The van der Waals surface area contributed by atoms with Gasteiger partial charge in [-0.1, -0.05) is 66.2 Å². The summed E-state index contributed by atoms with van der Waals surface area (Å²) >= 11 is 26.9. The minimum absolute atomic E-state index is 0.0437. The van der Waals surface area contributed by atoms with Gasteiger partial charge >= 0.3 is 5.97 Å². The Morgan fingerprint density at radius 2 is 1.24 bits per heavy atom. The minimum atomic E-state index is -1.33. The first-order chi connectivity index (χ1) is 21.6. The van der Waals surface area contributed by atoms with E-state index in [1.54, 1.807) is 30.3 Å². The smallest absolute Gasteiger partial charge is 0.338 e. The molecular formula is C35H23Cl4NO5. The molecule has 1 aliphatic heterocycles. The summed E-state index contributed by atoms with van der Waals surface area (Å²) in [7, 11) is 0. The second-order valence-electron chi connectivity index (χ2n) is 11.3. The van der Waals surface area contributed by atoms with E-state index in [4.69, 9.17) is 51.1 Å². The normalized spacial score (nSPS) is 24.9. The Morgan fingerprint density at radius 1 is 0.733 bits per heavy atom. The third-order valence-electron chi connectivity index (χ3n) is 8.97. The number of ether oxygens (including phenoxy) is 1. The van der Waals surface area contributed by atoms with E-state index in [1.807, 2.05) is 48.5 Å². The van der Waals surface area contributed by atoms with Crippen molar-refractivity contribution in [3.05, 3.63) is 135 Å². The van der Waals surface area contributed by atoms with Crippen LogP contribution in [-0.4, -0.2) is 35.6 Å². The number of nitrogens with zero attached hydrogens (tertiary/aromatic N) is 1. The number of halogens is 4. The van der Waals surface area contributed by atoms with E-state index in [1.165, 1.54) is 18.2 Å². The first kappa shape index (κ1) is 30.0. The number of benzene rings is 4. The number of amides is 2. The number of alkyl halides is 3. The Labute approximate surface area is 278 Å². The molecule has 2 amide bonds. The summed E-state index contributed by atoms with van der Waals surface area (Å²) in [6, 6.07) is 27.0. The highest BCUT2D eigenvalue weighted by molar-refractivity contribution is 6.38. The Hall–Kier alpha value is -3.68. The van der Waals surface area contributed by atoms with Crippen LogP contribution in [0.2, 0.25) is 5.02 Å². The summed E-state index contributed by atoms with van der Waals surface area (Å²) in [5.41, 5.74) is 3.29. The van der Waals surface area contributed by atoms with Gasteiger partial charge in [-0.2, -0.15) is 0 Å². The molecule has 6 nitrogen and oxygen atoms in total. The van der Waals surface area contributed by atoms with E-state index in [0.717, 1.165) is 4.90 Å². The maximum atomic E-state index is 14.3. The molecule has 2 bridgehead atoms. The fourth-order valence-corrected chi connectivity index (χ4v) is 8.46. The molecule has 0 radical (unpaired) electrons. The van der Waals surface area contributed by atoms with Crippen molar-refractivity contribution in [3.63, 3.8) is 0 Å². The molecule has 0 unspecified atom stereocenters. The van der Waals surface area contributed by atoms with Crippen molar-refractivity contribution < 1.29 is 23.9 Å². The summed E-state index contributed by atoms with van der Waals surface area (Å²) in [4.78, 5) is 53.5. The lowest BCUT2D eigenvalue weighted by molar-refractivity contribution is -0.122. The van der Waals surface area contributed by atoms with E-state index in [0.29, 0.717) is 32.8 Å². The first-order valence-corrected chi connectivity index (χ1v) is 15.9. The van der Waals surface area contributed by atoms with Crippen LogP contribution in [0, 0.1) is 11.8 Å². The van der Waals surface area contributed by atoms with Crippen LogP contribution in [0.3, 0.4) is 0 Å². The second-order valence-corrected chi connectivity index (χ2v) is 13.3. The number of hydrogen-bond acceptors (Lipinski definition) is 5. The van der Waals surface area contributed by atoms with Gasteiger partial charge in [-0.15, -0.1) is 34.8 Å². The largest absolute Gasteiger partial charge is 0.450 e. The van der Waals surface area contributed by atoms with Gasteiger partial charge in [-0.3, -0.25) is 14.4 Å². The maximum absolute atomic E-state index is 14.3. The highest BCUT2D eigenvalue weighted by Gasteiger charge is 2.73. The number of esters is 1. The van der Waals surface area contributed by atoms with Crippen LogP contribution in [0.1, 0.15) is 49.4 Å². The van der Waals surface area contributed by atoms with Crippen molar-refractivity contribution >= 4 is 75.7 Å². The van der Waals surface area contributed by atoms with Crippen LogP contribution in [0.25, 0.3) is 0 Å². The molecule has 0 N–H and O–H groups in total. The van der Waals surface area contributed by atoms with Crippen molar-refractivity contribution in [2.45, 2.75) is 22.3 Å². The van der Waals surface area contributed by atoms with Crippen molar-refractivity contribution in [2.75, 3.05) is 10.8 Å². The standard InChI is InChI=1S/C35H23Cl4NO5/c36-17-16-27(30(41)19-12-14-21(37)15-13-19)45-33(44)20-6-5-7-22(18-20)40-31(42)28-29(32(40)43)35(39)24-9-2-1-8-23(24)34(28,38)25-10-3-4-11-26(25)35/h1-15,18,27-29H,16-17H2/t27-,28-,29+,34?,35?/m0/s1. The number of ketones is 1. The predicted octanol–water partition coefficient (Wildman–Crippen LogP) is 7.47. The van der Waals surface area contributed by atoms with Crippen molar-refractivity contribution in [3.8, 4) is 0 Å². The molecule has 3 atom stereocenters. The monoisotopic (exact) mass is 677 g/mol. The zero-order valence-electron chi connectivity index (χ0n) is 23.4. The molecule has 3 aliphatic carbocycles. The zero-order valence-corrected chi connectivity index (χ0v) is 26.4. The van der Waals surface area contributed by atoms with Crippen LogP contribution in [-0.2, 0) is 24.1 Å². The molecule has 4 aromatic carbocycles. The molecule has 4 aromatic rings. The van der Waals surface area contributed by atoms with Gasteiger partial charge in [0.05, 0.1) is 23.1 Å². The lowest BCUT2D eigenvalue weighted by Gasteiger charge is -2.54. The SMILES string of the molecule is O=C(O[C@@H](CCCl)C(=O)c1ccc(Cl)cc1)c1cccc(N2C(=O)[C@@H]3[C@H](C2=O)C2(Cl)c4ccccc4C3(Cl)c3ccccc32)c1. The summed E-state index contributed by atoms with van der Waals surface area (Å²) in [5, 5.41) is 0.459. The van der Waals surface area contributed by atoms with Gasteiger partial charge in [0.2, 0.25) is 17.6 Å². The van der Waals surface area contributed by atoms with Crippen LogP contribution in [0.5, 0.6) is 0 Å². The Bertz CT molecular complexity index is 1790. The third kappa shape index (κ3) is 4.30. The maximum Gasteiger partial charge on any atom is 0.338 e. The Morgan fingerprint density at radius 3 is 1.73 bits per heavy atom. The summed E-state index contributed by atoms with van der Waals surface area (Å²) < 4.78 is 5.61. The number of anilines is 1. The molecule has 8 rings (SSSR count). The zero-order chi connectivity index (χ0) is 31.7. The number of carbonyl (C=O) groups is 4. The number of Topliss-reactive ketones (excluding diaryl/α,β-unsaturated/α-hetero) is 1. The van der Waals surface area contributed by atoms with Crippen LogP contribution in [0.4, 0.5) is 5.69 Å².